The van der Waals surface area contributed by atoms with E-state index in [1.54, 1.807) is 6.92 Å². The van der Waals surface area contributed by atoms with Crippen LogP contribution in [0.5, 0.6) is 0 Å². The largest absolute Gasteiger partial charge is 0.469 e. The number of epoxide rings is 1. The lowest BCUT2D eigenvalue weighted by molar-refractivity contribution is -0.238. The summed E-state index contributed by atoms with van der Waals surface area (Å²) in [6.45, 7) is 20.9. The minimum atomic E-state index is -1.51. The molecule has 2 aliphatic heterocycles. The molecule has 2 spiro atoms. The maximum absolute atomic E-state index is 13.7. The zero-order chi connectivity index (χ0) is 22.0. The van der Waals surface area contributed by atoms with Gasteiger partial charge in [-0.3, -0.25) is 4.79 Å². The second-order valence-corrected chi connectivity index (χ2v) is 12.3. The minimum Gasteiger partial charge on any atom is -0.469 e. The Morgan fingerprint density at radius 1 is 1.00 bits per heavy atom. The van der Waals surface area contributed by atoms with Gasteiger partial charge < -0.3 is 19.3 Å². The quantitative estimate of drug-likeness (QED) is 0.409. The molecule has 3 aliphatic carbocycles. The van der Waals surface area contributed by atoms with Gasteiger partial charge in [0, 0.05) is 5.92 Å². The summed E-state index contributed by atoms with van der Waals surface area (Å²) in [5, 5.41) is 11.8. The Morgan fingerprint density at radius 2 is 1.55 bits per heavy atom. The van der Waals surface area contributed by atoms with Gasteiger partial charge in [-0.2, -0.15) is 0 Å². The third-order valence-corrected chi connectivity index (χ3v) is 10.2. The van der Waals surface area contributed by atoms with E-state index in [0.29, 0.717) is 0 Å². The van der Waals surface area contributed by atoms with Gasteiger partial charge in [-0.15, -0.1) is 0 Å². The number of carbonyl (C=O) groups is 1. The third-order valence-electron chi connectivity index (χ3n) is 10.2. The molecule has 0 bridgehead atoms. The van der Waals surface area contributed by atoms with Crippen LogP contribution < -0.4 is 0 Å². The van der Waals surface area contributed by atoms with E-state index in [9.17, 15) is 9.90 Å². The number of hydrogen-bond donors (Lipinski definition) is 1. The summed E-state index contributed by atoms with van der Waals surface area (Å²) in [6.07, 6.45) is 0. The molecule has 0 amide bonds. The van der Waals surface area contributed by atoms with Gasteiger partial charge >= 0.3 is 5.97 Å². The Labute approximate surface area is 174 Å². The zero-order valence-electron chi connectivity index (χ0n) is 19.7. The highest BCUT2D eigenvalue weighted by Gasteiger charge is 3.14. The van der Waals surface area contributed by atoms with Crippen molar-refractivity contribution in [3.63, 3.8) is 0 Å². The fraction of sp³-hybridized carbons (Fsp3) is 0.875. The van der Waals surface area contributed by atoms with Crippen LogP contribution in [0.2, 0.25) is 0 Å². The van der Waals surface area contributed by atoms with Crippen molar-refractivity contribution in [3.05, 3.63) is 11.1 Å². The monoisotopic (exact) mass is 404 g/mol. The van der Waals surface area contributed by atoms with E-state index >= 15 is 0 Å². The average Bonchev–Trinajstić information content (AvgIpc) is 3.29. The number of aliphatic hydroxyl groups is 1. The molecule has 5 aliphatic rings. The van der Waals surface area contributed by atoms with Gasteiger partial charge in [-0.25, -0.2) is 0 Å². The van der Waals surface area contributed by atoms with Crippen LogP contribution in [0, 0.1) is 33.5 Å². The second-order valence-electron chi connectivity index (χ2n) is 12.3. The van der Waals surface area contributed by atoms with Gasteiger partial charge in [0.25, 0.3) is 0 Å². The van der Waals surface area contributed by atoms with E-state index < -0.39 is 38.8 Å². The molecule has 0 aromatic carbocycles. The molecular formula is C24H36O5. The Morgan fingerprint density at radius 3 is 2.03 bits per heavy atom. The van der Waals surface area contributed by atoms with Crippen molar-refractivity contribution < 1.29 is 24.1 Å². The zero-order valence-corrected chi connectivity index (χ0v) is 19.7. The number of hydrogen-bond acceptors (Lipinski definition) is 5. The normalized spacial score (nSPS) is 56.2. The molecule has 0 unspecified atom stereocenters. The summed E-state index contributed by atoms with van der Waals surface area (Å²) in [6, 6.07) is 0. The highest BCUT2D eigenvalue weighted by Crippen LogP contribution is 3.03. The Bertz CT molecular complexity index is 906. The van der Waals surface area contributed by atoms with Crippen molar-refractivity contribution in [3.8, 4) is 0 Å². The summed E-state index contributed by atoms with van der Waals surface area (Å²) in [5.41, 5.74) is -1.82. The van der Waals surface area contributed by atoms with E-state index in [4.69, 9.17) is 14.2 Å². The number of ether oxygens (including phenoxy) is 3. The van der Waals surface area contributed by atoms with Gasteiger partial charge in [0.1, 0.15) is 11.2 Å². The second kappa shape index (κ2) is 4.35. The van der Waals surface area contributed by atoms with Crippen LogP contribution in [0.3, 0.4) is 0 Å². The fourth-order valence-corrected chi connectivity index (χ4v) is 10.5. The summed E-state index contributed by atoms with van der Waals surface area (Å²) in [4.78, 5) is 13.7. The molecule has 5 fully saturated rings. The SMILES string of the molecule is COC(=O)[C@@]12[C@H]3[C@H](C(=C(C)C)C3(C)C)[C@]3(C)O[C@@]34C(C)(C)O[C@@](C)(O)[C@@]41C2(C)C. The van der Waals surface area contributed by atoms with Gasteiger partial charge in [0.15, 0.2) is 5.79 Å². The van der Waals surface area contributed by atoms with Crippen LogP contribution in [0.4, 0.5) is 0 Å². The highest BCUT2D eigenvalue weighted by atomic mass is 16.7. The summed E-state index contributed by atoms with van der Waals surface area (Å²) >= 11 is 0. The first-order valence-corrected chi connectivity index (χ1v) is 10.8. The van der Waals surface area contributed by atoms with Gasteiger partial charge in [0.05, 0.1) is 23.5 Å². The van der Waals surface area contributed by atoms with Crippen molar-refractivity contribution in [2.24, 2.45) is 33.5 Å². The van der Waals surface area contributed by atoms with Gasteiger partial charge in [-0.05, 0) is 58.3 Å². The van der Waals surface area contributed by atoms with Gasteiger partial charge in [0.2, 0.25) is 0 Å². The molecule has 3 saturated carbocycles. The van der Waals surface area contributed by atoms with E-state index in [1.165, 1.54) is 18.3 Å². The minimum absolute atomic E-state index is 0.00644. The molecule has 1 N–H and O–H groups in total. The fourth-order valence-electron chi connectivity index (χ4n) is 10.5. The molecule has 5 heteroatoms. The third kappa shape index (κ3) is 1.31. The van der Waals surface area contributed by atoms with Crippen LogP contribution in [-0.4, -0.2) is 40.8 Å². The molecule has 2 heterocycles. The van der Waals surface area contributed by atoms with Crippen LogP contribution in [-0.2, 0) is 19.0 Å². The number of methoxy groups -OCH3 is 1. The lowest BCUT2D eigenvalue weighted by Crippen LogP contribution is -2.68. The first-order valence-electron chi connectivity index (χ1n) is 10.8. The van der Waals surface area contributed by atoms with Gasteiger partial charge in [-0.1, -0.05) is 38.8 Å². The molecule has 5 rings (SSSR count). The molecule has 2 saturated heterocycles. The number of esters is 1. The topological polar surface area (TPSA) is 68.3 Å². The number of carbonyl (C=O) groups excluding carboxylic acids is 1. The molecule has 162 valence electrons. The molecule has 29 heavy (non-hydrogen) atoms. The number of rotatable bonds is 1. The van der Waals surface area contributed by atoms with Crippen molar-refractivity contribution in [1.82, 2.24) is 0 Å². The maximum Gasteiger partial charge on any atom is 0.313 e. The van der Waals surface area contributed by atoms with E-state index in [2.05, 4.69) is 48.5 Å². The van der Waals surface area contributed by atoms with Crippen molar-refractivity contribution in [2.75, 3.05) is 7.11 Å². The molecule has 0 radical (unpaired) electrons. The number of allylic oxidation sites excluding steroid dienone is 1. The molecule has 0 aromatic rings. The van der Waals surface area contributed by atoms with Crippen LogP contribution in [0.25, 0.3) is 0 Å². The Hall–Kier alpha value is -0.910. The first-order chi connectivity index (χ1) is 13.0. The highest BCUT2D eigenvalue weighted by molar-refractivity contribution is 5.89. The maximum atomic E-state index is 13.7. The van der Waals surface area contributed by atoms with Crippen LogP contribution in [0.15, 0.2) is 11.1 Å². The molecule has 0 aromatic heterocycles. The van der Waals surface area contributed by atoms with Crippen molar-refractivity contribution in [2.45, 2.75) is 91.8 Å². The Kier molecular flexibility index (Phi) is 3.00. The van der Waals surface area contributed by atoms with E-state index in [1.807, 2.05) is 13.8 Å². The lowest BCUT2D eigenvalue weighted by atomic mass is 9.37. The standard InChI is InChI=1S/C24H36O5/c1-12(2)13-14-15(17(13,3)4)22(16(25)27-11)18(5,6)23(22)21(10,26)28-19(7,8)24(23)20(14,9)29-24/h14-15,26H,1-11H3/t14-,15-,20-,21+,22+,23+,24-/m0/s1. The van der Waals surface area contributed by atoms with Crippen LogP contribution >= 0.6 is 0 Å². The predicted molar refractivity (Wildman–Crippen MR) is 108 cm³/mol. The summed E-state index contributed by atoms with van der Waals surface area (Å²) in [5.74, 6) is -1.63. The van der Waals surface area contributed by atoms with E-state index in [0.717, 1.165) is 0 Å². The predicted octanol–water partition coefficient (Wildman–Crippen LogP) is 3.84. The molecule has 5 nitrogen and oxygen atoms in total. The smallest absolute Gasteiger partial charge is 0.313 e. The lowest BCUT2D eigenvalue weighted by Gasteiger charge is -2.63. The molecular weight excluding hydrogens is 368 g/mol. The summed E-state index contributed by atoms with van der Waals surface area (Å²) in [7, 11) is 1.46. The van der Waals surface area contributed by atoms with E-state index in [-0.39, 0.29) is 23.2 Å². The number of fused-ring (bicyclic) bond motifs is 3. The van der Waals surface area contributed by atoms with Crippen LogP contribution in [0.1, 0.15) is 69.2 Å². The Balaban J connectivity index is 1.92. The molecule has 7 atom stereocenters. The van der Waals surface area contributed by atoms with Crippen molar-refractivity contribution in [1.29, 1.82) is 0 Å². The average molecular weight is 405 g/mol. The first kappa shape index (κ1) is 20.0. The van der Waals surface area contributed by atoms with Crippen molar-refractivity contribution >= 4 is 5.97 Å². The summed E-state index contributed by atoms with van der Waals surface area (Å²) < 4.78 is 18.7.